The average Bonchev–Trinajstić information content (AvgIpc) is 2.69. The molecule has 1 aliphatic carbocycles. The van der Waals surface area contributed by atoms with Gasteiger partial charge in [0, 0.05) is 5.69 Å². The van der Waals surface area contributed by atoms with Crippen LogP contribution >= 0.6 is 0 Å². The third kappa shape index (κ3) is 2.51. The molecule has 3 heteroatoms. The van der Waals surface area contributed by atoms with Crippen molar-refractivity contribution in [2.45, 2.75) is 31.2 Å². The Kier molecular flexibility index (Phi) is 3.65. The summed E-state index contributed by atoms with van der Waals surface area (Å²) in [6, 6.07) is 17.5. The van der Waals surface area contributed by atoms with Crippen LogP contribution in [-0.4, -0.2) is 11.1 Å². The first-order valence-corrected chi connectivity index (χ1v) is 7.37. The first kappa shape index (κ1) is 13.7. The first-order valence-electron chi connectivity index (χ1n) is 7.37. The van der Waals surface area contributed by atoms with Crippen molar-refractivity contribution < 1.29 is 9.90 Å². The van der Waals surface area contributed by atoms with Crippen LogP contribution in [0.4, 0.5) is 5.69 Å². The van der Waals surface area contributed by atoms with Crippen molar-refractivity contribution in [3.8, 4) is 0 Å². The van der Waals surface area contributed by atoms with Gasteiger partial charge in [-0.3, -0.25) is 0 Å². The van der Waals surface area contributed by atoms with E-state index in [0.717, 1.165) is 36.1 Å². The zero-order valence-electron chi connectivity index (χ0n) is 11.9. The number of hydrogen-bond acceptors (Lipinski definition) is 2. The highest BCUT2D eigenvalue weighted by Gasteiger charge is 2.42. The molecule has 1 unspecified atom stereocenters. The molecule has 3 rings (SSSR count). The highest BCUT2D eigenvalue weighted by atomic mass is 16.4. The molecule has 2 aromatic rings. The predicted molar refractivity (Wildman–Crippen MR) is 83.4 cm³/mol. The Morgan fingerprint density at radius 3 is 2.48 bits per heavy atom. The number of hydrogen-bond donors (Lipinski definition) is 2. The zero-order valence-corrected chi connectivity index (χ0v) is 11.9. The van der Waals surface area contributed by atoms with Crippen LogP contribution in [0.1, 0.15) is 30.4 Å². The van der Waals surface area contributed by atoms with Gasteiger partial charge in [-0.15, -0.1) is 0 Å². The maximum atomic E-state index is 12.1. The summed E-state index contributed by atoms with van der Waals surface area (Å²) in [4.78, 5) is 12.1. The van der Waals surface area contributed by atoms with Crippen molar-refractivity contribution in [3.05, 3.63) is 65.7 Å². The van der Waals surface area contributed by atoms with Crippen LogP contribution in [0.2, 0.25) is 0 Å². The number of carbonyl (C=O) groups is 1. The number of rotatable bonds is 3. The number of fused-ring (bicyclic) bond motifs is 1. The largest absolute Gasteiger partial charge is 0.479 e. The first-order chi connectivity index (χ1) is 10.2. The summed E-state index contributed by atoms with van der Waals surface area (Å²) in [5, 5.41) is 13.2. The fraction of sp³-hybridized carbons (Fsp3) is 0.278. The molecule has 3 nitrogen and oxygen atoms in total. The van der Waals surface area contributed by atoms with Crippen molar-refractivity contribution in [2.75, 3.05) is 5.32 Å². The van der Waals surface area contributed by atoms with Gasteiger partial charge in [0.15, 0.2) is 5.54 Å². The van der Waals surface area contributed by atoms with Crippen LogP contribution < -0.4 is 5.32 Å². The molecular formula is C18H19NO2. The Morgan fingerprint density at radius 2 is 1.71 bits per heavy atom. The smallest absolute Gasteiger partial charge is 0.334 e. The van der Waals surface area contributed by atoms with Gasteiger partial charge in [0.05, 0.1) is 0 Å². The van der Waals surface area contributed by atoms with Gasteiger partial charge in [0.25, 0.3) is 0 Å². The second-order valence-electron chi connectivity index (χ2n) is 5.57. The van der Waals surface area contributed by atoms with Gasteiger partial charge in [0.1, 0.15) is 0 Å². The summed E-state index contributed by atoms with van der Waals surface area (Å²) in [5.74, 6) is -0.805. The summed E-state index contributed by atoms with van der Waals surface area (Å²) in [6.45, 7) is 0. The van der Waals surface area contributed by atoms with Crippen LogP contribution in [0.3, 0.4) is 0 Å². The highest BCUT2D eigenvalue weighted by molar-refractivity contribution is 5.85. The predicted octanol–water partition coefficient (Wildman–Crippen LogP) is 3.81. The molecule has 0 bridgehead atoms. The molecule has 0 fully saturated rings. The number of carboxylic acids is 1. The molecular weight excluding hydrogens is 262 g/mol. The molecule has 0 aromatic heterocycles. The number of anilines is 1. The van der Waals surface area contributed by atoms with Crippen molar-refractivity contribution in [2.24, 2.45) is 0 Å². The summed E-state index contributed by atoms with van der Waals surface area (Å²) < 4.78 is 0. The minimum absolute atomic E-state index is 0.605. The summed E-state index contributed by atoms with van der Waals surface area (Å²) >= 11 is 0. The maximum Gasteiger partial charge on any atom is 0.334 e. The molecule has 2 N–H and O–H groups in total. The van der Waals surface area contributed by atoms with Gasteiger partial charge in [-0.05, 0) is 48.9 Å². The average molecular weight is 281 g/mol. The van der Waals surface area contributed by atoms with E-state index in [2.05, 4.69) is 5.32 Å². The zero-order chi connectivity index (χ0) is 14.7. The Morgan fingerprint density at radius 1 is 1.00 bits per heavy atom. The number of aliphatic carboxylic acids is 1. The van der Waals surface area contributed by atoms with E-state index in [-0.39, 0.29) is 0 Å². The summed E-state index contributed by atoms with van der Waals surface area (Å²) in [7, 11) is 0. The maximum absolute atomic E-state index is 12.1. The highest BCUT2D eigenvalue weighted by Crippen LogP contribution is 2.37. The van der Waals surface area contributed by atoms with E-state index in [1.807, 2.05) is 54.6 Å². The Labute approximate surface area is 124 Å². The van der Waals surface area contributed by atoms with E-state index in [4.69, 9.17) is 0 Å². The van der Waals surface area contributed by atoms with Crippen LogP contribution in [0.25, 0.3) is 0 Å². The van der Waals surface area contributed by atoms with Crippen molar-refractivity contribution in [1.82, 2.24) is 0 Å². The SMILES string of the molecule is O=C(O)C1(Nc2ccccc2)CCCCc2ccccc21. The quantitative estimate of drug-likeness (QED) is 0.841. The monoisotopic (exact) mass is 281 g/mol. The van der Waals surface area contributed by atoms with Crippen LogP contribution in [-0.2, 0) is 16.8 Å². The van der Waals surface area contributed by atoms with Gasteiger partial charge in [-0.1, -0.05) is 42.5 Å². The standard InChI is InChI=1S/C18H19NO2/c20-17(21)18(19-15-10-2-1-3-11-15)13-7-6-9-14-8-4-5-12-16(14)18/h1-5,8,10-12,19H,6-7,9,13H2,(H,20,21). The van der Waals surface area contributed by atoms with Crippen molar-refractivity contribution in [1.29, 1.82) is 0 Å². The van der Waals surface area contributed by atoms with E-state index in [0.29, 0.717) is 6.42 Å². The topological polar surface area (TPSA) is 49.3 Å². The third-order valence-electron chi connectivity index (χ3n) is 4.22. The van der Waals surface area contributed by atoms with E-state index in [1.54, 1.807) is 0 Å². The molecule has 0 heterocycles. The van der Waals surface area contributed by atoms with Gasteiger partial charge in [-0.2, -0.15) is 0 Å². The molecule has 0 amide bonds. The molecule has 2 aromatic carbocycles. The lowest BCUT2D eigenvalue weighted by Gasteiger charge is -2.32. The Balaban J connectivity index is 2.10. The lowest BCUT2D eigenvalue weighted by molar-refractivity contribution is -0.143. The summed E-state index contributed by atoms with van der Waals surface area (Å²) in [6.07, 6.45) is 3.49. The molecule has 0 aliphatic heterocycles. The third-order valence-corrected chi connectivity index (χ3v) is 4.22. The molecule has 0 radical (unpaired) electrons. The molecule has 1 aliphatic rings. The van der Waals surface area contributed by atoms with E-state index in [9.17, 15) is 9.90 Å². The number of aryl methyl sites for hydroxylation is 1. The molecule has 0 spiro atoms. The van der Waals surface area contributed by atoms with Crippen LogP contribution in [0.15, 0.2) is 54.6 Å². The lowest BCUT2D eigenvalue weighted by Crippen LogP contribution is -2.43. The van der Waals surface area contributed by atoms with Crippen molar-refractivity contribution >= 4 is 11.7 Å². The molecule has 108 valence electrons. The second-order valence-corrected chi connectivity index (χ2v) is 5.57. The van der Waals surface area contributed by atoms with E-state index >= 15 is 0 Å². The number of nitrogens with one attached hydrogen (secondary N) is 1. The second kappa shape index (κ2) is 5.60. The van der Waals surface area contributed by atoms with Gasteiger partial charge < -0.3 is 10.4 Å². The van der Waals surface area contributed by atoms with E-state index in [1.165, 1.54) is 0 Å². The molecule has 0 saturated heterocycles. The van der Waals surface area contributed by atoms with Gasteiger partial charge >= 0.3 is 5.97 Å². The number of carboxylic acid groups (broad SMARTS) is 1. The minimum Gasteiger partial charge on any atom is -0.479 e. The van der Waals surface area contributed by atoms with Gasteiger partial charge in [-0.25, -0.2) is 4.79 Å². The Hall–Kier alpha value is -2.29. The van der Waals surface area contributed by atoms with E-state index < -0.39 is 11.5 Å². The Bertz CT molecular complexity index is 639. The number of benzene rings is 2. The lowest BCUT2D eigenvalue weighted by atomic mass is 9.84. The summed E-state index contributed by atoms with van der Waals surface area (Å²) in [5.41, 5.74) is 1.85. The van der Waals surface area contributed by atoms with Crippen LogP contribution in [0, 0.1) is 0 Å². The minimum atomic E-state index is -1.03. The van der Waals surface area contributed by atoms with Crippen molar-refractivity contribution in [3.63, 3.8) is 0 Å². The fourth-order valence-corrected chi connectivity index (χ4v) is 3.17. The molecule has 1 atom stereocenters. The number of para-hydroxylation sites is 1. The normalized spacial score (nSPS) is 21.1. The molecule has 21 heavy (non-hydrogen) atoms. The fourth-order valence-electron chi connectivity index (χ4n) is 3.17. The molecule has 0 saturated carbocycles. The van der Waals surface area contributed by atoms with Crippen LogP contribution in [0.5, 0.6) is 0 Å². The van der Waals surface area contributed by atoms with Gasteiger partial charge in [0.2, 0.25) is 0 Å².